The van der Waals surface area contributed by atoms with Crippen LogP contribution in [0.2, 0.25) is 10.0 Å². The van der Waals surface area contributed by atoms with Crippen molar-refractivity contribution in [1.29, 1.82) is 0 Å². The highest BCUT2D eigenvalue weighted by molar-refractivity contribution is 6.39. The quantitative estimate of drug-likeness (QED) is 0.135. The Hall–Kier alpha value is -4.66. The third kappa shape index (κ3) is 8.20. The fourth-order valence-electron chi connectivity index (χ4n) is 7.50. The van der Waals surface area contributed by atoms with Crippen LogP contribution < -0.4 is 19.6 Å². The smallest absolute Gasteiger partial charge is 0.246 e. The first-order valence-corrected chi connectivity index (χ1v) is 19.4. The first-order valence-electron chi connectivity index (χ1n) is 18.6. The summed E-state index contributed by atoms with van der Waals surface area (Å²) < 4.78 is 0. The maximum absolute atomic E-state index is 13.2. The van der Waals surface area contributed by atoms with E-state index in [1.54, 1.807) is 13.8 Å². The summed E-state index contributed by atoms with van der Waals surface area (Å²) >= 11 is 14.5. The summed E-state index contributed by atoms with van der Waals surface area (Å²) in [4.78, 5) is 57.1. The molecule has 2 atom stereocenters. The minimum atomic E-state index is 0.0362. The molecular weight excluding hydrogens is 719 g/mol. The van der Waals surface area contributed by atoms with Gasteiger partial charge in [0.1, 0.15) is 11.6 Å². The monoisotopic (exact) mass is 766 g/mol. The lowest BCUT2D eigenvalue weighted by molar-refractivity contribution is -0.118. The maximum Gasteiger partial charge on any atom is 0.246 e. The van der Waals surface area contributed by atoms with Crippen LogP contribution in [-0.4, -0.2) is 63.7 Å². The molecule has 0 fully saturated rings. The van der Waals surface area contributed by atoms with Gasteiger partial charge in [0.2, 0.25) is 11.8 Å². The highest BCUT2D eigenvalue weighted by Gasteiger charge is 2.31. The van der Waals surface area contributed by atoms with E-state index >= 15 is 0 Å². The van der Waals surface area contributed by atoms with E-state index in [1.165, 1.54) is 0 Å². The molecule has 4 aromatic rings. The van der Waals surface area contributed by atoms with Crippen molar-refractivity contribution in [2.24, 2.45) is 11.8 Å². The molecule has 0 saturated carbocycles. The zero-order chi connectivity index (χ0) is 38.8. The minimum Gasteiger partial charge on any atom is -0.364 e. The summed E-state index contributed by atoms with van der Waals surface area (Å²) in [6.45, 7) is 8.99. The molecule has 8 nitrogen and oxygen atoms in total. The number of hydrogen-bond acceptors (Lipinski definition) is 6. The van der Waals surface area contributed by atoms with Gasteiger partial charge in [0, 0.05) is 62.3 Å². The van der Waals surface area contributed by atoms with Gasteiger partial charge in [0.05, 0.1) is 45.9 Å². The molecule has 54 heavy (non-hydrogen) atoms. The van der Waals surface area contributed by atoms with Gasteiger partial charge in [0.15, 0.2) is 0 Å². The van der Waals surface area contributed by atoms with Gasteiger partial charge in [0.25, 0.3) is 0 Å². The summed E-state index contributed by atoms with van der Waals surface area (Å²) in [5, 5.41) is 1.14. The molecule has 0 aromatic heterocycles. The van der Waals surface area contributed by atoms with Gasteiger partial charge in [-0.25, -0.2) is 0 Å². The number of likely N-dealkylation sites (N-methyl/N-ethyl adjacent to an activating group) is 2. The van der Waals surface area contributed by atoms with E-state index in [0.717, 1.165) is 69.0 Å². The average Bonchev–Trinajstić information content (AvgIpc) is 3.13. The Morgan fingerprint density at radius 2 is 0.963 bits per heavy atom. The van der Waals surface area contributed by atoms with E-state index in [0.29, 0.717) is 36.0 Å². The fraction of sp³-hybridized carbons (Fsp3) is 0.364. The van der Waals surface area contributed by atoms with E-state index < -0.39 is 0 Å². The maximum atomic E-state index is 13.2. The van der Waals surface area contributed by atoms with Gasteiger partial charge >= 0.3 is 0 Å². The van der Waals surface area contributed by atoms with Crippen molar-refractivity contribution in [2.45, 2.75) is 53.4 Å². The predicted octanol–water partition coefficient (Wildman–Crippen LogP) is 9.57. The molecule has 2 aliphatic rings. The third-order valence-corrected chi connectivity index (χ3v) is 11.4. The second-order valence-electron chi connectivity index (χ2n) is 15.2. The number of ketones is 2. The number of carbonyl (C=O) groups excluding carboxylic acids is 4. The molecule has 0 saturated heterocycles. The lowest BCUT2D eigenvalue weighted by Crippen LogP contribution is -2.46. The van der Waals surface area contributed by atoms with Crippen LogP contribution in [0.15, 0.2) is 72.8 Å². The number of anilines is 4. The van der Waals surface area contributed by atoms with Crippen molar-refractivity contribution >= 4 is 69.3 Å². The summed E-state index contributed by atoms with van der Waals surface area (Å²) in [7, 11) is 3.84. The second kappa shape index (κ2) is 16.4. The predicted molar refractivity (Wildman–Crippen MR) is 222 cm³/mol. The Morgan fingerprint density at radius 1 is 0.593 bits per heavy atom. The Labute approximate surface area is 328 Å². The van der Waals surface area contributed by atoms with Crippen LogP contribution in [0, 0.1) is 11.8 Å². The highest BCUT2D eigenvalue weighted by atomic mass is 35.5. The van der Waals surface area contributed by atoms with Gasteiger partial charge in [-0.3, -0.25) is 9.59 Å². The summed E-state index contributed by atoms with van der Waals surface area (Å²) in [6.07, 6.45) is 2.49. The second-order valence-corrected chi connectivity index (χ2v) is 15.9. The molecule has 2 heterocycles. The molecule has 6 rings (SSSR count). The number of fused-ring (bicyclic) bond motifs is 2. The van der Waals surface area contributed by atoms with Gasteiger partial charge in [-0.2, -0.15) is 0 Å². The molecule has 282 valence electrons. The van der Waals surface area contributed by atoms with Crippen molar-refractivity contribution in [3.05, 3.63) is 82.8 Å². The topological polar surface area (TPSA) is 81.2 Å². The van der Waals surface area contributed by atoms with Crippen molar-refractivity contribution in [2.75, 3.05) is 59.9 Å². The third-order valence-electron chi connectivity index (χ3n) is 10.6. The minimum absolute atomic E-state index is 0.0362. The van der Waals surface area contributed by atoms with Crippen molar-refractivity contribution in [3.8, 4) is 33.4 Å². The number of carbonyl (C=O) groups is 4. The van der Waals surface area contributed by atoms with Crippen LogP contribution in [0.3, 0.4) is 0 Å². The number of hydrogen-bond donors (Lipinski definition) is 0. The molecule has 0 bridgehead atoms. The molecule has 0 spiro atoms. The van der Waals surface area contributed by atoms with Crippen molar-refractivity contribution in [3.63, 3.8) is 0 Å². The number of benzene rings is 4. The van der Waals surface area contributed by atoms with Crippen LogP contribution >= 0.6 is 23.2 Å². The van der Waals surface area contributed by atoms with Crippen LogP contribution in [0.4, 0.5) is 22.7 Å². The molecule has 0 aliphatic carbocycles. The van der Waals surface area contributed by atoms with Gasteiger partial charge in [-0.15, -0.1) is 0 Å². The number of rotatable bonds is 13. The largest absolute Gasteiger partial charge is 0.364 e. The fourth-order valence-corrected chi connectivity index (χ4v) is 8.17. The highest BCUT2D eigenvalue weighted by Crippen LogP contribution is 2.45. The van der Waals surface area contributed by atoms with Crippen molar-refractivity contribution in [1.82, 2.24) is 0 Å². The van der Waals surface area contributed by atoms with Gasteiger partial charge in [-0.1, -0.05) is 85.6 Å². The van der Waals surface area contributed by atoms with E-state index in [-0.39, 0.29) is 48.3 Å². The Morgan fingerprint density at radius 3 is 1.33 bits per heavy atom. The molecule has 2 aliphatic heterocycles. The Kier molecular flexibility index (Phi) is 11.8. The summed E-state index contributed by atoms with van der Waals surface area (Å²) in [5.41, 5.74) is 8.72. The van der Waals surface area contributed by atoms with Gasteiger partial charge < -0.3 is 29.2 Å². The summed E-state index contributed by atoms with van der Waals surface area (Å²) in [6, 6.07) is 24.0. The van der Waals surface area contributed by atoms with E-state index in [1.807, 2.05) is 94.4 Å². The molecule has 0 unspecified atom stereocenters. The van der Waals surface area contributed by atoms with Crippen LogP contribution in [0.5, 0.6) is 0 Å². The van der Waals surface area contributed by atoms with Crippen molar-refractivity contribution < 1.29 is 19.2 Å². The zero-order valence-electron chi connectivity index (χ0n) is 31.9. The molecule has 0 N–H and O–H groups in total. The number of Topliss-reactive ketones (excluding diaryl/α,β-unsaturated/α-hetero) is 2. The van der Waals surface area contributed by atoms with Crippen LogP contribution in [0.1, 0.15) is 53.4 Å². The number of halogens is 2. The zero-order valence-corrected chi connectivity index (χ0v) is 33.4. The van der Waals surface area contributed by atoms with Crippen LogP contribution in [-0.2, 0) is 19.2 Å². The van der Waals surface area contributed by atoms with E-state index in [9.17, 15) is 19.2 Å². The molecule has 4 aromatic carbocycles. The number of nitrogens with zero attached hydrogens (tertiary/aromatic N) is 4. The Balaban J connectivity index is 1.30. The SMILES string of the molecule is CC(=O)CC[C@H](C)CN1C(=O)CN(C)c2cc(-c3cccc(-c4cccc(-c5ccc6c(c5)N(C)CC(=O)N6C[C@@H](C)CCC(C)=O)c4Cl)c3Cl)ccc21. The molecular formula is C44H48Cl2N4O4. The first-order chi connectivity index (χ1) is 25.7. The molecule has 2 amide bonds. The van der Waals surface area contributed by atoms with E-state index in [4.69, 9.17) is 23.2 Å². The van der Waals surface area contributed by atoms with Crippen LogP contribution in [0.25, 0.3) is 33.4 Å². The standard InChI is InChI=1S/C44H48Cl2N4O4/c1-27(13-15-29(3)51)23-49-37-19-17-31(21-39(37)47(5)25-41(49)53)33-9-7-11-35(43(33)45)36-12-8-10-34(44(36)46)32-18-20-38-40(22-32)48(6)26-42(54)50(38)24-28(2)14-16-30(4)52/h7-12,17-22,27-28H,13-16,23-26H2,1-6H3/t27-,28-/m0/s1. The van der Waals surface area contributed by atoms with E-state index in [2.05, 4.69) is 26.0 Å². The normalized spacial score (nSPS) is 15.3. The van der Waals surface area contributed by atoms with Gasteiger partial charge in [-0.05, 0) is 73.9 Å². The summed E-state index contributed by atoms with van der Waals surface area (Å²) in [5.74, 6) is 0.748. The molecule has 10 heteroatoms. The lowest BCUT2D eigenvalue weighted by Gasteiger charge is -2.37. The molecule has 0 radical (unpaired) electrons. The Bertz CT molecular complexity index is 1970. The first kappa shape index (κ1) is 39.0. The lowest BCUT2D eigenvalue weighted by atomic mass is 9.94. The average molecular weight is 768 g/mol. The number of amides is 2.